The number of nitrogens with two attached hydrogens (primary N) is 1. The molecule has 104 valence electrons. The molecule has 1 atom stereocenters. The van der Waals surface area contributed by atoms with E-state index in [2.05, 4.69) is 0 Å². The molecule has 3 rings (SSSR count). The molecule has 0 spiro atoms. The van der Waals surface area contributed by atoms with Gasteiger partial charge in [0.2, 0.25) is 10.0 Å². The van der Waals surface area contributed by atoms with Crippen LogP contribution >= 0.6 is 0 Å². The highest BCUT2D eigenvalue weighted by Gasteiger charge is 2.43. The normalized spacial score (nSPS) is 24.4. The minimum atomic E-state index is -3.24. The van der Waals surface area contributed by atoms with E-state index in [9.17, 15) is 8.42 Å². The second-order valence-electron chi connectivity index (χ2n) is 4.99. The zero-order chi connectivity index (χ0) is 13.5. The fraction of sp³-hybridized carbons (Fsp3) is 0.538. The third-order valence-corrected chi connectivity index (χ3v) is 6.10. The van der Waals surface area contributed by atoms with Gasteiger partial charge in [0, 0.05) is 18.7 Å². The first-order valence-electron chi connectivity index (χ1n) is 6.57. The van der Waals surface area contributed by atoms with Gasteiger partial charge in [-0.1, -0.05) is 18.2 Å². The van der Waals surface area contributed by atoms with Crippen LogP contribution in [0, 0.1) is 0 Å². The van der Waals surface area contributed by atoms with Crippen molar-refractivity contribution in [1.29, 1.82) is 0 Å². The Labute approximate surface area is 113 Å². The van der Waals surface area contributed by atoms with E-state index in [0.717, 1.165) is 24.2 Å². The zero-order valence-corrected chi connectivity index (χ0v) is 11.5. The van der Waals surface area contributed by atoms with Gasteiger partial charge in [-0.2, -0.15) is 4.31 Å². The quantitative estimate of drug-likeness (QED) is 0.893. The predicted molar refractivity (Wildman–Crippen MR) is 72.4 cm³/mol. The van der Waals surface area contributed by atoms with Crippen molar-refractivity contribution in [2.75, 3.05) is 19.7 Å². The summed E-state index contributed by atoms with van der Waals surface area (Å²) >= 11 is 0. The maximum atomic E-state index is 12.5. The molecule has 6 heteroatoms. The lowest BCUT2D eigenvalue weighted by Crippen LogP contribution is -2.41. The minimum Gasteiger partial charge on any atom is -0.492 e. The molecule has 0 saturated heterocycles. The number of benzene rings is 1. The lowest BCUT2D eigenvalue weighted by molar-refractivity contribution is 0.273. The van der Waals surface area contributed by atoms with Gasteiger partial charge in [-0.3, -0.25) is 0 Å². The lowest BCUT2D eigenvalue weighted by atomic mass is 10.1. The van der Waals surface area contributed by atoms with Crippen molar-refractivity contribution in [3.8, 4) is 5.75 Å². The first-order valence-corrected chi connectivity index (χ1v) is 8.07. The highest BCUT2D eigenvalue weighted by molar-refractivity contribution is 7.90. The molecule has 0 radical (unpaired) electrons. The summed E-state index contributed by atoms with van der Waals surface area (Å²) in [6.45, 7) is 1.02. The summed E-state index contributed by atoms with van der Waals surface area (Å²) in [5, 5.41) is -0.216. The summed E-state index contributed by atoms with van der Waals surface area (Å²) in [4.78, 5) is 0. The molecule has 2 aliphatic rings. The van der Waals surface area contributed by atoms with Crippen LogP contribution in [0.3, 0.4) is 0 Å². The second kappa shape index (κ2) is 4.77. The van der Waals surface area contributed by atoms with E-state index in [4.69, 9.17) is 10.5 Å². The first kappa shape index (κ1) is 12.9. The van der Waals surface area contributed by atoms with Crippen LogP contribution in [-0.4, -0.2) is 37.7 Å². The maximum absolute atomic E-state index is 12.5. The fourth-order valence-electron chi connectivity index (χ4n) is 2.55. The number of fused-ring (bicyclic) bond motifs is 1. The van der Waals surface area contributed by atoms with E-state index in [1.54, 1.807) is 0 Å². The average molecular weight is 282 g/mol. The van der Waals surface area contributed by atoms with Gasteiger partial charge in [0.1, 0.15) is 12.4 Å². The number of ether oxygens (including phenoxy) is 1. The molecular weight excluding hydrogens is 264 g/mol. The van der Waals surface area contributed by atoms with Gasteiger partial charge < -0.3 is 10.5 Å². The number of hydrogen-bond acceptors (Lipinski definition) is 4. The Morgan fingerprint density at radius 2 is 2.05 bits per heavy atom. The Morgan fingerprint density at radius 1 is 1.32 bits per heavy atom. The van der Waals surface area contributed by atoms with Crippen molar-refractivity contribution in [3.63, 3.8) is 0 Å². The Balaban J connectivity index is 2.02. The molecule has 1 aliphatic carbocycles. The van der Waals surface area contributed by atoms with Crippen LogP contribution in [0.25, 0.3) is 0 Å². The van der Waals surface area contributed by atoms with Crippen LogP contribution in [0.1, 0.15) is 24.4 Å². The van der Waals surface area contributed by atoms with Crippen molar-refractivity contribution in [2.45, 2.75) is 24.1 Å². The predicted octanol–water partition coefficient (Wildman–Crippen LogP) is 0.873. The summed E-state index contributed by atoms with van der Waals surface area (Å²) in [5.74, 6) is 0.742. The second-order valence-corrected chi connectivity index (χ2v) is 7.16. The van der Waals surface area contributed by atoms with E-state index in [0.29, 0.717) is 13.2 Å². The number of para-hydroxylation sites is 1. The minimum absolute atomic E-state index is 0.216. The molecule has 1 fully saturated rings. The number of hydrogen-bond donors (Lipinski definition) is 1. The molecule has 1 aliphatic heterocycles. The van der Waals surface area contributed by atoms with Gasteiger partial charge >= 0.3 is 0 Å². The van der Waals surface area contributed by atoms with Crippen molar-refractivity contribution in [3.05, 3.63) is 29.8 Å². The monoisotopic (exact) mass is 282 g/mol. The van der Waals surface area contributed by atoms with E-state index >= 15 is 0 Å². The lowest BCUT2D eigenvalue weighted by Gasteiger charge is -2.28. The highest BCUT2D eigenvalue weighted by Crippen LogP contribution is 2.38. The molecule has 2 N–H and O–H groups in total. The van der Waals surface area contributed by atoms with Gasteiger partial charge in [0.05, 0.1) is 11.3 Å². The smallest absolute Gasteiger partial charge is 0.217 e. The van der Waals surface area contributed by atoms with Gasteiger partial charge in [-0.05, 0) is 18.9 Å². The summed E-state index contributed by atoms with van der Waals surface area (Å²) in [7, 11) is -3.24. The molecule has 19 heavy (non-hydrogen) atoms. The molecule has 1 unspecified atom stereocenters. The van der Waals surface area contributed by atoms with Crippen LogP contribution in [-0.2, 0) is 10.0 Å². The molecule has 0 aromatic heterocycles. The van der Waals surface area contributed by atoms with Crippen molar-refractivity contribution < 1.29 is 13.2 Å². The maximum Gasteiger partial charge on any atom is 0.217 e. The van der Waals surface area contributed by atoms with E-state index in [1.165, 1.54) is 4.31 Å². The number of rotatable bonds is 3. The molecule has 1 heterocycles. The van der Waals surface area contributed by atoms with Crippen molar-refractivity contribution in [1.82, 2.24) is 4.31 Å². The molecule has 0 amide bonds. The summed E-state index contributed by atoms with van der Waals surface area (Å²) in [6, 6.07) is 7.22. The third-order valence-electron chi connectivity index (χ3n) is 3.69. The van der Waals surface area contributed by atoms with Crippen molar-refractivity contribution in [2.24, 2.45) is 5.73 Å². The fourth-order valence-corrected chi connectivity index (χ4v) is 4.55. The van der Waals surface area contributed by atoms with E-state index < -0.39 is 10.0 Å². The molecule has 5 nitrogen and oxygen atoms in total. The Kier molecular flexibility index (Phi) is 3.24. The summed E-state index contributed by atoms with van der Waals surface area (Å²) in [5.41, 5.74) is 6.70. The molecular formula is C13H18N2O3S. The first-order chi connectivity index (χ1) is 9.14. The number of nitrogens with zero attached hydrogens (tertiary/aromatic N) is 1. The van der Waals surface area contributed by atoms with Crippen molar-refractivity contribution >= 4 is 10.0 Å². The highest BCUT2D eigenvalue weighted by atomic mass is 32.2. The van der Waals surface area contributed by atoms with Crippen LogP contribution in [0.4, 0.5) is 0 Å². The van der Waals surface area contributed by atoms with Gasteiger partial charge in [0.15, 0.2) is 0 Å². The van der Waals surface area contributed by atoms with Crippen LogP contribution in [0.5, 0.6) is 5.75 Å². The van der Waals surface area contributed by atoms with Crippen LogP contribution < -0.4 is 10.5 Å². The summed E-state index contributed by atoms with van der Waals surface area (Å²) in [6.07, 6.45) is 1.53. The van der Waals surface area contributed by atoms with Gasteiger partial charge in [-0.15, -0.1) is 0 Å². The van der Waals surface area contributed by atoms with Crippen LogP contribution in [0.15, 0.2) is 24.3 Å². The molecule has 0 bridgehead atoms. The molecule has 1 saturated carbocycles. The van der Waals surface area contributed by atoms with Crippen LogP contribution in [0.2, 0.25) is 0 Å². The van der Waals surface area contributed by atoms with Gasteiger partial charge in [0.25, 0.3) is 0 Å². The standard InChI is InChI=1S/C13H18N2O3S/c14-9-12-11-3-1-2-4-13(11)18-8-7-15(12)19(16,17)10-5-6-10/h1-4,10,12H,5-9,14H2. The van der Waals surface area contributed by atoms with E-state index in [-0.39, 0.29) is 17.8 Å². The Bertz CT molecular complexity index is 569. The molecule has 1 aromatic carbocycles. The van der Waals surface area contributed by atoms with E-state index in [1.807, 2.05) is 24.3 Å². The Hall–Kier alpha value is -1.11. The summed E-state index contributed by atoms with van der Waals surface area (Å²) < 4.78 is 32.2. The zero-order valence-electron chi connectivity index (χ0n) is 10.7. The third kappa shape index (κ3) is 2.24. The topological polar surface area (TPSA) is 72.6 Å². The average Bonchev–Trinajstić information content (AvgIpc) is 3.24. The number of sulfonamides is 1. The van der Waals surface area contributed by atoms with Gasteiger partial charge in [-0.25, -0.2) is 8.42 Å². The SMILES string of the molecule is NCC1c2ccccc2OCCN1S(=O)(=O)C1CC1. The largest absolute Gasteiger partial charge is 0.492 e. The Morgan fingerprint density at radius 3 is 2.74 bits per heavy atom. The molecule has 1 aromatic rings.